The Bertz CT molecular complexity index is 3360. The molecule has 36 nitrogen and oxygen atoms in total. The summed E-state index contributed by atoms with van der Waals surface area (Å²) in [6, 6.07) is 8.12. The average molecular weight is 1460 g/mol. The number of benzene rings is 3. The second kappa shape index (κ2) is 43.0. The molecule has 0 aliphatic heterocycles. The Morgan fingerprint density at radius 1 is 0.413 bits per heavy atom. The van der Waals surface area contributed by atoms with Gasteiger partial charge in [0.05, 0.1) is 24.2 Å². The highest BCUT2D eigenvalue weighted by Crippen LogP contribution is 2.29. The molecular weight excluding hydrogens is 1380 g/mol. The highest BCUT2D eigenvalue weighted by molar-refractivity contribution is 5.94. The number of hydrogen-bond acceptors (Lipinski definition) is 18. The van der Waals surface area contributed by atoms with Crippen LogP contribution in [0.2, 0.25) is 0 Å². The quantitative estimate of drug-likeness (QED) is 0.0279. The van der Waals surface area contributed by atoms with Crippen molar-refractivity contribution in [2.45, 2.75) is 178 Å². The Hall–Kier alpha value is -12.0. The van der Waals surface area contributed by atoms with E-state index in [4.69, 9.17) is 15.3 Å². The third-order valence-electron chi connectivity index (χ3n) is 16.2. The van der Waals surface area contributed by atoms with Crippen molar-refractivity contribution in [3.8, 4) is 0 Å². The van der Waals surface area contributed by atoms with E-state index in [1.54, 1.807) is 6.20 Å². The number of nitrogens with zero attached hydrogens (tertiary/aromatic N) is 3. The van der Waals surface area contributed by atoms with Crippen molar-refractivity contribution in [2.75, 3.05) is 22.6 Å². The molecule has 0 bridgehead atoms. The minimum Gasteiger partial charge on any atom is -0.481 e. The zero-order chi connectivity index (χ0) is 77.1. The van der Waals surface area contributed by atoms with Gasteiger partial charge in [-0.1, -0.05) is 41.6 Å². The molecule has 4 rings (SSSR count). The third kappa shape index (κ3) is 32.6. The number of alkyl halides is 1. The molecule has 37 heteroatoms. The molecule has 3 unspecified atom stereocenters. The number of halogens is 1. The summed E-state index contributed by atoms with van der Waals surface area (Å²) in [5, 5.41) is 113. The number of Topliss-reactive ketones (excluding diaryl/α,β-unsaturated/α-hetero) is 1. The Morgan fingerprint density at radius 3 is 1.16 bits per heavy atom. The number of aryl methyl sites for hydroxylation is 2. The normalized spacial score (nSPS) is 13.2. The summed E-state index contributed by atoms with van der Waals surface area (Å²) in [7, 11) is 0. The maximum atomic E-state index is 14.2. The SMILES string of the molecule is O=C(O)CCC(CC(=O)C[C@@H](Cc1ccc(NC(=O)CCC(CCC(=O)Nc2ccc(C[C@H](NC(=O)NC(CCC(=O)O)C(=O)O)C(=O)O)cc2)(CCC(=O)Nc2ccc(C[C@H](NC(=O)NC(CCC(=O)O)C(=O)O)C(=O)O)cc2)NC(=O)CCCCn2cc(CCCF)nn2)cc1)C(=O)O)C(=O)O. The summed E-state index contributed by atoms with van der Waals surface area (Å²) in [5.74, 6) is -18.8. The first-order chi connectivity index (χ1) is 49.2. The number of carboxylic acid groups (broad SMARTS) is 9. The zero-order valence-electron chi connectivity index (χ0n) is 56.2. The van der Waals surface area contributed by atoms with Crippen LogP contribution < -0.4 is 42.5 Å². The number of amides is 8. The van der Waals surface area contributed by atoms with Gasteiger partial charge in [-0.3, -0.25) is 57.0 Å². The van der Waals surface area contributed by atoms with Crippen molar-refractivity contribution in [3.63, 3.8) is 0 Å². The molecule has 17 N–H and O–H groups in total. The van der Waals surface area contributed by atoms with E-state index in [1.165, 1.54) is 77.5 Å². The molecule has 4 aromatic rings. The molecule has 104 heavy (non-hydrogen) atoms. The molecular formula is C67H84FN11O25. The number of aliphatic carboxylic acids is 9. The Morgan fingerprint density at radius 2 is 0.788 bits per heavy atom. The first-order valence-corrected chi connectivity index (χ1v) is 32.8. The Labute approximate surface area is 592 Å². The maximum absolute atomic E-state index is 14.2. The standard InChI is InChI=1S/C67H84FN11O25/c68-30-3-4-46-37-79(78-77-46)31-2-1-5-55(84)76-67(27-24-52(81)69-43-13-6-38(7-14-43)32-42(60(93)94)36-47(80)35-41(59(91)92)12-21-56(85)86,28-25-53(82)70-44-15-8-39(9-16-44)33-50(63(99)100)74-65(103)72-48(61(95)96)19-22-57(87)88)29-26-54(83)71-45-17-10-40(11-18-45)34-51(64(101)102)75-66(104)73-49(62(97)98)20-23-58(89)90/h6-11,13-18,37,41-42,48-51H,1-5,12,19-36H2,(H,69,81)(H,70,82)(H,71,83)(H,76,84)(H,85,86)(H,87,88)(H,89,90)(H,91,92)(H,93,94)(H,95,96)(H,97,98)(H,99,100)(H,101,102)(H2,72,74,103)(H2,73,75,104)/t41?,42-,48?,49?,50+,51+,67?/m1/s1. The lowest BCUT2D eigenvalue weighted by Crippen LogP contribution is -2.51. The molecule has 6 atom stereocenters. The number of rotatable bonds is 50. The second-order valence-corrected chi connectivity index (χ2v) is 24.5. The van der Waals surface area contributed by atoms with E-state index >= 15 is 0 Å². The van der Waals surface area contributed by atoms with E-state index in [0.717, 1.165) is 0 Å². The lowest BCUT2D eigenvalue weighted by molar-refractivity contribution is -0.146. The molecule has 0 fully saturated rings. The minimum atomic E-state index is -1.66. The minimum absolute atomic E-state index is 0.121. The summed E-state index contributed by atoms with van der Waals surface area (Å²) in [6.07, 6.45) is -4.22. The topological polar surface area (TPSA) is 582 Å². The fraction of sp³-hybridized carbons (Fsp3) is 0.463. The highest BCUT2D eigenvalue weighted by Gasteiger charge is 2.35. The molecule has 8 amide bonds. The van der Waals surface area contributed by atoms with Gasteiger partial charge < -0.3 is 88.5 Å². The number of ketones is 1. The molecule has 0 aliphatic carbocycles. The molecule has 0 saturated heterocycles. The number of unbranched alkanes of at least 4 members (excludes halogenated alkanes) is 1. The molecule has 0 aliphatic rings. The number of carbonyl (C=O) groups is 16. The lowest BCUT2D eigenvalue weighted by Gasteiger charge is -2.35. The molecule has 0 saturated carbocycles. The fourth-order valence-electron chi connectivity index (χ4n) is 10.6. The van der Waals surface area contributed by atoms with E-state index in [2.05, 4.69) is 42.2 Å². The van der Waals surface area contributed by atoms with Crippen molar-refractivity contribution < 1.29 is 127 Å². The smallest absolute Gasteiger partial charge is 0.326 e. The van der Waals surface area contributed by atoms with Gasteiger partial charge in [0.2, 0.25) is 23.6 Å². The summed E-state index contributed by atoms with van der Waals surface area (Å²) in [4.78, 5) is 199. The van der Waals surface area contributed by atoms with Crippen LogP contribution in [-0.2, 0) is 99.4 Å². The van der Waals surface area contributed by atoms with Gasteiger partial charge in [0.25, 0.3) is 0 Å². The van der Waals surface area contributed by atoms with Crippen LogP contribution in [0.4, 0.5) is 31.0 Å². The average Bonchev–Trinajstić information content (AvgIpc) is 1.77. The number of hydrogen-bond donors (Lipinski definition) is 17. The Kier molecular flexibility index (Phi) is 34.9. The zero-order valence-corrected chi connectivity index (χ0v) is 56.2. The molecule has 3 aromatic carbocycles. The van der Waals surface area contributed by atoms with Crippen molar-refractivity contribution in [1.82, 2.24) is 41.6 Å². The van der Waals surface area contributed by atoms with Gasteiger partial charge >= 0.3 is 65.8 Å². The summed E-state index contributed by atoms with van der Waals surface area (Å²) >= 11 is 0. The van der Waals surface area contributed by atoms with Crippen LogP contribution in [0, 0.1) is 11.8 Å². The van der Waals surface area contributed by atoms with E-state index in [9.17, 15) is 112 Å². The predicted octanol–water partition coefficient (Wildman–Crippen LogP) is 3.85. The summed E-state index contributed by atoms with van der Waals surface area (Å²) in [6.45, 7) is -0.233. The second-order valence-electron chi connectivity index (χ2n) is 24.5. The molecule has 1 heterocycles. The molecule has 564 valence electrons. The van der Waals surface area contributed by atoms with E-state index in [-0.39, 0.29) is 101 Å². The van der Waals surface area contributed by atoms with Crippen LogP contribution in [0.3, 0.4) is 0 Å². The van der Waals surface area contributed by atoms with Crippen LogP contribution in [-0.4, -0.2) is 193 Å². The van der Waals surface area contributed by atoms with Gasteiger partial charge in [-0.2, -0.15) is 0 Å². The van der Waals surface area contributed by atoms with Crippen LogP contribution >= 0.6 is 0 Å². The third-order valence-corrected chi connectivity index (χ3v) is 16.2. The van der Waals surface area contributed by atoms with Crippen molar-refractivity contribution in [3.05, 3.63) is 101 Å². The first-order valence-electron chi connectivity index (χ1n) is 32.8. The number of urea groups is 2. The van der Waals surface area contributed by atoms with Gasteiger partial charge in [0, 0.05) is 106 Å². The van der Waals surface area contributed by atoms with Crippen LogP contribution in [0.5, 0.6) is 0 Å². The summed E-state index contributed by atoms with van der Waals surface area (Å²) in [5.41, 5.74) is 0.588. The van der Waals surface area contributed by atoms with Crippen LogP contribution in [0.1, 0.15) is 138 Å². The van der Waals surface area contributed by atoms with Gasteiger partial charge in [0.15, 0.2) is 0 Å². The van der Waals surface area contributed by atoms with Crippen LogP contribution in [0.15, 0.2) is 79.0 Å². The first kappa shape index (κ1) is 84.5. The van der Waals surface area contributed by atoms with Crippen molar-refractivity contribution in [2.24, 2.45) is 11.8 Å². The van der Waals surface area contributed by atoms with Gasteiger partial charge in [-0.15, -0.1) is 5.10 Å². The number of nitrogens with one attached hydrogen (secondary N) is 8. The molecule has 0 spiro atoms. The predicted molar refractivity (Wildman–Crippen MR) is 359 cm³/mol. The lowest BCUT2D eigenvalue weighted by atomic mass is 9.82. The van der Waals surface area contributed by atoms with Crippen molar-refractivity contribution >= 4 is 112 Å². The number of anilines is 3. The molecule has 1 aromatic heterocycles. The largest absolute Gasteiger partial charge is 0.481 e. The van der Waals surface area contributed by atoms with E-state index in [0.29, 0.717) is 41.8 Å². The molecule has 0 radical (unpaired) electrons. The van der Waals surface area contributed by atoms with Gasteiger partial charge in [0.1, 0.15) is 30.0 Å². The van der Waals surface area contributed by atoms with Gasteiger partial charge in [-0.05, 0) is 124 Å². The maximum Gasteiger partial charge on any atom is 0.326 e. The number of carbonyl (C=O) groups excluding carboxylic acids is 7. The Balaban J connectivity index is 1.61. The van der Waals surface area contributed by atoms with Gasteiger partial charge in [-0.25, -0.2) is 28.8 Å². The van der Waals surface area contributed by atoms with E-state index < -0.39 is 188 Å². The number of carboxylic acids is 9. The fourth-order valence-corrected chi connectivity index (χ4v) is 10.6. The monoisotopic (exact) mass is 1460 g/mol. The van der Waals surface area contributed by atoms with Crippen molar-refractivity contribution in [1.29, 1.82) is 0 Å². The van der Waals surface area contributed by atoms with Crippen LogP contribution in [0.25, 0.3) is 0 Å². The van der Waals surface area contributed by atoms with E-state index in [1.807, 2.05) is 10.6 Å². The summed E-state index contributed by atoms with van der Waals surface area (Å²) < 4.78 is 14.4. The highest BCUT2D eigenvalue weighted by atomic mass is 19.1. The number of aromatic nitrogens is 3.